The van der Waals surface area contributed by atoms with E-state index in [2.05, 4.69) is 10.3 Å². The van der Waals surface area contributed by atoms with Crippen LogP contribution >= 0.6 is 11.6 Å². The number of anilines is 1. The molecular weight excluding hydrogens is 413 g/mol. The van der Waals surface area contributed by atoms with Crippen LogP contribution in [0.5, 0.6) is 0 Å². The van der Waals surface area contributed by atoms with E-state index in [0.29, 0.717) is 12.6 Å². The Bertz CT molecular complexity index is 919. The number of imide groups is 1. The van der Waals surface area contributed by atoms with Crippen LogP contribution in [-0.2, 0) is 15.8 Å². The summed E-state index contributed by atoms with van der Waals surface area (Å²) in [6.07, 6.45) is -4.34. The quantitative estimate of drug-likeness (QED) is 0.710. The van der Waals surface area contributed by atoms with E-state index in [1.807, 2.05) is 6.07 Å². The molecule has 2 aliphatic carbocycles. The number of nitrogens with one attached hydrogen (secondary N) is 1. The van der Waals surface area contributed by atoms with Gasteiger partial charge < -0.3 is 10.4 Å². The maximum atomic E-state index is 12.7. The molecule has 2 amide bonds. The Hall–Kier alpha value is -2.38. The zero-order valence-corrected chi connectivity index (χ0v) is 15.6. The van der Waals surface area contributed by atoms with Gasteiger partial charge in [-0.25, -0.2) is 4.98 Å². The van der Waals surface area contributed by atoms with Crippen LogP contribution in [0.15, 0.2) is 12.3 Å². The van der Waals surface area contributed by atoms with E-state index < -0.39 is 41.5 Å². The fourth-order valence-electron chi connectivity index (χ4n) is 4.93. The van der Waals surface area contributed by atoms with Gasteiger partial charge >= 0.3 is 6.18 Å². The molecule has 6 atom stereocenters. The van der Waals surface area contributed by atoms with Gasteiger partial charge in [-0.05, 0) is 24.3 Å². The number of halogens is 4. The predicted octanol–water partition coefficient (Wildman–Crippen LogP) is 1.92. The minimum absolute atomic E-state index is 0.0130. The number of hydrogen-bond donors (Lipinski definition) is 2. The lowest BCUT2D eigenvalue weighted by Gasteiger charge is -2.28. The normalized spacial score (nSPS) is 33.2. The summed E-state index contributed by atoms with van der Waals surface area (Å²) >= 11 is 5.83. The summed E-state index contributed by atoms with van der Waals surface area (Å²) in [5, 5.41) is 22.0. The molecule has 1 aromatic rings. The molecule has 4 rings (SSSR count). The molecule has 3 fully saturated rings. The third-order valence-corrected chi connectivity index (χ3v) is 6.46. The van der Waals surface area contributed by atoms with Crippen LogP contribution in [-0.4, -0.2) is 46.0 Å². The number of pyridine rings is 1. The van der Waals surface area contributed by atoms with E-state index in [4.69, 9.17) is 11.6 Å². The molecule has 2 bridgehead atoms. The molecule has 2 saturated carbocycles. The highest BCUT2D eigenvalue weighted by Gasteiger charge is 2.67. The third kappa shape index (κ3) is 3.04. The first-order valence-electron chi connectivity index (χ1n) is 9.04. The van der Waals surface area contributed by atoms with Crippen molar-refractivity contribution in [2.45, 2.75) is 18.7 Å². The molecule has 0 unspecified atom stereocenters. The minimum atomic E-state index is -4.56. The van der Waals surface area contributed by atoms with Crippen LogP contribution < -0.4 is 5.32 Å². The second kappa shape index (κ2) is 6.85. The smallest absolute Gasteiger partial charge is 0.391 e. The Balaban J connectivity index is 1.41. The molecule has 3 aliphatic rings. The van der Waals surface area contributed by atoms with E-state index >= 15 is 0 Å². The zero-order chi connectivity index (χ0) is 21.1. The number of hydrogen-bond acceptors (Lipinski definition) is 6. The van der Waals surface area contributed by atoms with Crippen molar-refractivity contribution in [1.82, 2.24) is 9.88 Å². The number of nitrogens with zero attached hydrogens (tertiary/aromatic N) is 3. The number of aromatic nitrogens is 1. The van der Waals surface area contributed by atoms with Gasteiger partial charge in [-0.2, -0.15) is 18.4 Å². The van der Waals surface area contributed by atoms with Gasteiger partial charge in [-0.1, -0.05) is 11.6 Å². The van der Waals surface area contributed by atoms with Gasteiger partial charge in [-0.15, -0.1) is 0 Å². The third-order valence-electron chi connectivity index (χ3n) is 6.17. The predicted molar refractivity (Wildman–Crippen MR) is 93.1 cm³/mol. The van der Waals surface area contributed by atoms with Crippen molar-refractivity contribution in [2.75, 3.05) is 18.4 Å². The molecule has 0 radical (unpaired) electrons. The highest BCUT2D eigenvalue weighted by atomic mass is 35.5. The van der Waals surface area contributed by atoms with E-state index in [0.717, 1.165) is 11.0 Å². The molecule has 154 valence electrons. The number of likely N-dealkylation sites (tertiary alicyclic amines) is 1. The summed E-state index contributed by atoms with van der Waals surface area (Å²) in [5.41, 5.74) is -0.980. The second-order valence-corrected chi connectivity index (χ2v) is 7.97. The first-order chi connectivity index (χ1) is 13.6. The lowest BCUT2D eigenvalue weighted by molar-refractivity contribution is -0.141. The van der Waals surface area contributed by atoms with Crippen molar-refractivity contribution < 1.29 is 27.9 Å². The number of rotatable bonds is 4. The Morgan fingerprint density at radius 3 is 2.55 bits per heavy atom. The molecule has 11 heteroatoms. The van der Waals surface area contributed by atoms with Gasteiger partial charge in [0.05, 0.1) is 40.5 Å². The Morgan fingerprint density at radius 1 is 1.31 bits per heavy atom. The number of aliphatic hydroxyl groups excluding tert-OH is 1. The molecule has 1 aliphatic heterocycles. The summed E-state index contributed by atoms with van der Waals surface area (Å²) in [6.45, 7) is 0.0328. The first kappa shape index (κ1) is 19.9. The number of nitriles is 1. The standard InChI is InChI=1S/C18H16ClF3N4O3/c19-11-3-7(18(20,21)22)6-25-15(11)24-1-2-26-16(28)12-8-4-9(13(12)17(26)29)14(27)10(8)5-23/h3,6,8-10,12-14,27H,1-2,4H2,(H,24,25)/t8-,9+,10+,12-,13-,14-/m1/s1. The molecule has 0 aromatic carbocycles. The number of fused-ring (bicyclic) bond motifs is 5. The van der Waals surface area contributed by atoms with Crippen molar-refractivity contribution >= 4 is 29.2 Å². The number of carbonyl (C=O) groups is 2. The summed E-state index contributed by atoms with van der Waals surface area (Å²) < 4.78 is 38.0. The van der Waals surface area contributed by atoms with Gasteiger partial charge in [0.1, 0.15) is 5.82 Å². The maximum absolute atomic E-state index is 12.7. The van der Waals surface area contributed by atoms with Gasteiger partial charge in [0.2, 0.25) is 11.8 Å². The SMILES string of the molecule is N#C[C@@H]1[C@H](O)[C@H]2C[C@H]1[C@H]1C(=O)N(CCNc3ncc(C(F)(F)F)cc3Cl)C(=O)[C@H]21. The highest BCUT2D eigenvalue weighted by molar-refractivity contribution is 6.33. The maximum Gasteiger partial charge on any atom is 0.417 e. The monoisotopic (exact) mass is 428 g/mol. The molecule has 7 nitrogen and oxygen atoms in total. The Morgan fingerprint density at radius 2 is 1.97 bits per heavy atom. The van der Waals surface area contributed by atoms with Crippen LogP contribution in [0.3, 0.4) is 0 Å². The first-order valence-corrected chi connectivity index (χ1v) is 9.42. The van der Waals surface area contributed by atoms with E-state index in [-0.39, 0.29) is 41.7 Å². The molecule has 2 heterocycles. The summed E-state index contributed by atoms with van der Waals surface area (Å²) in [7, 11) is 0. The van der Waals surface area contributed by atoms with E-state index in [1.165, 1.54) is 0 Å². The van der Waals surface area contributed by atoms with Crippen molar-refractivity contribution in [2.24, 2.45) is 29.6 Å². The van der Waals surface area contributed by atoms with E-state index in [9.17, 15) is 33.1 Å². The Labute approximate surface area is 168 Å². The number of carbonyl (C=O) groups excluding carboxylic acids is 2. The van der Waals surface area contributed by atoms with Crippen molar-refractivity contribution in [3.8, 4) is 6.07 Å². The van der Waals surface area contributed by atoms with Crippen LogP contribution in [0.2, 0.25) is 5.02 Å². The van der Waals surface area contributed by atoms with Crippen LogP contribution in [0.1, 0.15) is 12.0 Å². The van der Waals surface area contributed by atoms with Crippen LogP contribution in [0.4, 0.5) is 19.0 Å². The lowest BCUT2D eigenvalue weighted by atomic mass is 9.74. The van der Waals surface area contributed by atoms with Gasteiger partial charge in [0.15, 0.2) is 0 Å². The van der Waals surface area contributed by atoms with Crippen LogP contribution in [0, 0.1) is 40.9 Å². The molecule has 0 spiro atoms. The zero-order valence-electron chi connectivity index (χ0n) is 14.9. The van der Waals surface area contributed by atoms with E-state index in [1.54, 1.807) is 0 Å². The Kier molecular flexibility index (Phi) is 4.70. The number of alkyl halides is 3. The second-order valence-electron chi connectivity index (χ2n) is 7.57. The fourth-order valence-corrected chi connectivity index (χ4v) is 5.16. The topological polar surface area (TPSA) is 106 Å². The fraction of sp³-hybridized carbons (Fsp3) is 0.556. The molecule has 1 aromatic heterocycles. The van der Waals surface area contributed by atoms with Crippen molar-refractivity contribution in [1.29, 1.82) is 5.26 Å². The molecule has 2 N–H and O–H groups in total. The molecule has 29 heavy (non-hydrogen) atoms. The minimum Gasteiger partial charge on any atom is -0.391 e. The van der Waals surface area contributed by atoms with Gasteiger partial charge in [0.25, 0.3) is 0 Å². The van der Waals surface area contributed by atoms with Gasteiger partial charge in [0, 0.05) is 19.3 Å². The summed E-state index contributed by atoms with van der Waals surface area (Å²) in [5.74, 6) is -3.30. The van der Waals surface area contributed by atoms with Crippen molar-refractivity contribution in [3.63, 3.8) is 0 Å². The van der Waals surface area contributed by atoms with Crippen molar-refractivity contribution in [3.05, 3.63) is 22.8 Å². The highest BCUT2D eigenvalue weighted by Crippen LogP contribution is 2.58. The number of amides is 2. The summed E-state index contributed by atoms with van der Waals surface area (Å²) in [4.78, 5) is 30.2. The van der Waals surface area contributed by atoms with Crippen LogP contribution in [0.25, 0.3) is 0 Å². The number of aliphatic hydroxyl groups is 1. The average molecular weight is 429 g/mol. The molecular formula is C18H16ClF3N4O3. The largest absolute Gasteiger partial charge is 0.417 e. The van der Waals surface area contributed by atoms with Gasteiger partial charge in [-0.3, -0.25) is 14.5 Å². The molecule has 1 saturated heterocycles. The lowest BCUT2D eigenvalue weighted by Crippen LogP contribution is -2.39. The summed E-state index contributed by atoms with van der Waals surface area (Å²) in [6, 6.07) is 2.79. The average Bonchev–Trinajstić information content (AvgIpc) is 3.26.